The van der Waals surface area contributed by atoms with Gasteiger partial charge < -0.3 is 9.84 Å². The van der Waals surface area contributed by atoms with E-state index in [4.69, 9.17) is 4.74 Å². The summed E-state index contributed by atoms with van der Waals surface area (Å²) in [6.45, 7) is 5.71. The second-order valence-electron chi connectivity index (χ2n) is 2.09. The molecule has 0 aromatic carbocycles. The lowest BCUT2D eigenvalue weighted by atomic mass is 10.0. The van der Waals surface area contributed by atoms with Gasteiger partial charge in [-0.05, 0) is 6.42 Å². The van der Waals surface area contributed by atoms with Crippen molar-refractivity contribution in [2.45, 2.75) is 18.9 Å². The van der Waals surface area contributed by atoms with Crippen LogP contribution in [-0.4, -0.2) is 24.4 Å². The van der Waals surface area contributed by atoms with Crippen LogP contribution in [0.1, 0.15) is 13.3 Å². The molecule has 54 valence electrons. The average molecular weight is 130 g/mol. The minimum atomic E-state index is -0.825. The normalized spacial score (nSPS) is 16.8. The van der Waals surface area contributed by atoms with Crippen LogP contribution in [-0.2, 0) is 4.74 Å². The fraction of sp³-hybridized carbons (Fsp3) is 0.714. The van der Waals surface area contributed by atoms with Gasteiger partial charge in [0.05, 0.1) is 6.61 Å². The van der Waals surface area contributed by atoms with Gasteiger partial charge in [0.2, 0.25) is 0 Å². The van der Waals surface area contributed by atoms with Crippen molar-refractivity contribution in [2.24, 2.45) is 0 Å². The summed E-state index contributed by atoms with van der Waals surface area (Å²) in [5.74, 6) is 0. The summed E-state index contributed by atoms with van der Waals surface area (Å²) in [7, 11) is 1.56. The zero-order valence-electron chi connectivity index (χ0n) is 6.05. The standard InChI is InChI=1S/C7H14O2/c1-4-7(8,5-2)6-9-3/h4,8H,1,5-6H2,2-3H3. The monoisotopic (exact) mass is 130 g/mol. The molecule has 0 aromatic rings. The van der Waals surface area contributed by atoms with Crippen LogP contribution in [0, 0.1) is 0 Å². The molecule has 0 radical (unpaired) electrons. The molecule has 0 bridgehead atoms. The highest BCUT2D eigenvalue weighted by Gasteiger charge is 2.18. The van der Waals surface area contributed by atoms with E-state index in [1.54, 1.807) is 7.11 Å². The molecule has 0 aliphatic rings. The topological polar surface area (TPSA) is 29.5 Å². The summed E-state index contributed by atoms with van der Waals surface area (Å²) in [5, 5.41) is 9.39. The Morgan fingerprint density at radius 3 is 2.44 bits per heavy atom. The molecule has 0 fully saturated rings. The Kier molecular flexibility index (Phi) is 3.50. The SMILES string of the molecule is C=CC(O)(CC)COC. The maximum Gasteiger partial charge on any atom is 0.105 e. The van der Waals surface area contributed by atoms with Gasteiger partial charge in [0.25, 0.3) is 0 Å². The van der Waals surface area contributed by atoms with Crippen LogP contribution in [0.4, 0.5) is 0 Å². The second-order valence-corrected chi connectivity index (χ2v) is 2.09. The van der Waals surface area contributed by atoms with Gasteiger partial charge in [0.15, 0.2) is 0 Å². The first-order valence-electron chi connectivity index (χ1n) is 3.03. The molecule has 1 unspecified atom stereocenters. The highest BCUT2D eigenvalue weighted by Crippen LogP contribution is 2.10. The van der Waals surface area contributed by atoms with Gasteiger partial charge in [-0.3, -0.25) is 0 Å². The molecule has 0 saturated carbocycles. The molecule has 0 rings (SSSR count). The van der Waals surface area contributed by atoms with Crippen molar-refractivity contribution in [1.82, 2.24) is 0 Å². The number of ether oxygens (including phenoxy) is 1. The van der Waals surface area contributed by atoms with Gasteiger partial charge in [-0.15, -0.1) is 6.58 Å². The molecule has 0 aromatic heterocycles. The third-order valence-corrected chi connectivity index (χ3v) is 1.39. The van der Waals surface area contributed by atoms with Gasteiger partial charge in [0, 0.05) is 7.11 Å². The van der Waals surface area contributed by atoms with E-state index < -0.39 is 5.60 Å². The largest absolute Gasteiger partial charge is 0.383 e. The first-order valence-corrected chi connectivity index (χ1v) is 3.03. The number of hydrogen-bond donors (Lipinski definition) is 1. The van der Waals surface area contributed by atoms with Gasteiger partial charge in [0.1, 0.15) is 5.60 Å². The molecule has 2 nitrogen and oxygen atoms in total. The van der Waals surface area contributed by atoms with E-state index in [0.29, 0.717) is 13.0 Å². The van der Waals surface area contributed by atoms with Crippen LogP contribution in [0.25, 0.3) is 0 Å². The lowest BCUT2D eigenvalue weighted by Gasteiger charge is -2.20. The third-order valence-electron chi connectivity index (χ3n) is 1.39. The predicted molar refractivity (Wildman–Crippen MR) is 37.3 cm³/mol. The van der Waals surface area contributed by atoms with Crippen molar-refractivity contribution >= 4 is 0 Å². The zero-order valence-corrected chi connectivity index (χ0v) is 6.05. The Morgan fingerprint density at radius 2 is 2.33 bits per heavy atom. The van der Waals surface area contributed by atoms with Gasteiger partial charge in [-0.25, -0.2) is 0 Å². The van der Waals surface area contributed by atoms with Crippen molar-refractivity contribution < 1.29 is 9.84 Å². The molecule has 2 heteroatoms. The van der Waals surface area contributed by atoms with Gasteiger partial charge in [-0.1, -0.05) is 13.0 Å². The average Bonchev–Trinajstić information content (AvgIpc) is 1.89. The van der Waals surface area contributed by atoms with E-state index in [9.17, 15) is 5.11 Å². The van der Waals surface area contributed by atoms with Crippen LogP contribution >= 0.6 is 0 Å². The van der Waals surface area contributed by atoms with Gasteiger partial charge in [-0.2, -0.15) is 0 Å². The number of methoxy groups -OCH3 is 1. The fourth-order valence-electron chi connectivity index (χ4n) is 0.555. The van der Waals surface area contributed by atoms with Crippen LogP contribution in [0.3, 0.4) is 0 Å². The van der Waals surface area contributed by atoms with Crippen LogP contribution < -0.4 is 0 Å². The number of aliphatic hydroxyl groups is 1. The summed E-state index contributed by atoms with van der Waals surface area (Å²) in [5.41, 5.74) is -0.825. The van der Waals surface area contributed by atoms with Crippen molar-refractivity contribution in [3.8, 4) is 0 Å². The van der Waals surface area contributed by atoms with Crippen LogP contribution in [0.5, 0.6) is 0 Å². The van der Waals surface area contributed by atoms with Crippen molar-refractivity contribution in [2.75, 3.05) is 13.7 Å². The van der Waals surface area contributed by atoms with Crippen LogP contribution in [0.15, 0.2) is 12.7 Å². The van der Waals surface area contributed by atoms with E-state index in [1.807, 2.05) is 6.92 Å². The Hall–Kier alpha value is -0.340. The molecule has 0 heterocycles. The molecule has 9 heavy (non-hydrogen) atoms. The fourth-order valence-corrected chi connectivity index (χ4v) is 0.555. The van der Waals surface area contributed by atoms with E-state index >= 15 is 0 Å². The molecule has 0 spiro atoms. The quantitative estimate of drug-likeness (QED) is 0.574. The first kappa shape index (κ1) is 8.66. The highest BCUT2D eigenvalue weighted by atomic mass is 16.5. The summed E-state index contributed by atoms with van der Waals surface area (Å²) >= 11 is 0. The number of rotatable bonds is 4. The minimum Gasteiger partial charge on any atom is -0.383 e. The predicted octanol–water partition coefficient (Wildman–Crippen LogP) is 0.960. The molecule has 0 saturated heterocycles. The Morgan fingerprint density at radius 1 is 1.78 bits per heavy atom. The second kappa shape index (κ2) is 3.64. The summed E-state index contributed by atoms with van der Waals surface area (Å²) in [6, 6.07) is 0. The zero-order chi connectivity index (χ0) is 7.33. The summed E-state index contributed by atoms with van der Waals surface area (Å²) in [6.07, 6.45) is 2.15. The molecule has 1 N–H and O–H groups in total. The first-order chi connectivity index (χ1) is 4.18. The maximum absolute atomic E-state index is 9.39. The summed E-state index contributed by atoms with van der Waals surface area (Å²) in [4.78, 5) is 0. The Bertz CT molecular complexity index is 90.9. The van der Waals surface area contributed by atoms with Crippen molar-refractivity contribution in [3.63, 3.8) is 0 Å². The smallest absolute Gasteiger partial charge is 0.105 e. The van der Waals surface area contributed by atoms with Crippen LogP contribution in [0.2, 0.25) is 0 Å². The summed E-state index contributed by atoms with van der Waals surface area (Å²) < 4.78 is 4.77. The van der Waals surface area contributed by atoms with Gasteiger partial charge >= 0.3 is 0 Å². The Labute approximate surface area is 56.1 Å². The highest BCUT2D eigenvalue weighted by molar-refractivity contribution is 4.94. The lowest BCUT2D eigenvalue weighted by Crippen LogP contribution is -2.30. The molecule has 0 aliphatic heterocycles. The third kappa shape index (κ3) is 2.63. The molecule has 0 aliphatic carbocycles. The minimum absolute atomic E-state index is 0.326. The van der Waals surface area contributed by atoms with Crippen molar-refractivity contribution in [3.05, 3.63) is 12.7 Å². The van der Waals surface area contributed by atoms with E-state index in [0.717, 1.165) is 0 Å². The van der Waals surface area contributed by atoms with E-state index in [2.05, 4.69) is 6.58 Å². The van der Waals surface area contributed by atoms with E-state index in [-0.39, 0.29) is 0 Å². The molecule has 0 amide bonds. The lowest BCUT2D eigenvalue weighted by molar-refractivity contribution is 0.00391. The number of hydrogen-bond acceptors (Lipinski definition) is 2. The van der Waals surface area contributed by atoms with Crippen molar-refractivity contribution in [1.29, 1.82) is 0 Å². The van der Waals surface area contributed by atoms with E-state index in [1.165, 1.54) is 6.08 Å². The molecular formula is C7H14O2. The molecular weight excluding hydrogens is 116 g/mol. The Balaban J connectivity index is 3.76. The maximum atomic E-state index is 9.39. The molecule has 1 atom stereocenters.